The zero-order valence-electron chi connectivity index (χ0n) is 8.46. The van der Waals surface area contributed by atoms with Crippen molar-refractivity contribution in [2.24, 2.45) is 0 Å². The molecule has 3 heterocycles. The van der Waals surface area contributed by atoms with Gasteiger partial charge in [-0.15, -0.1) is 0 Å². The Bertz CT molecular complexity index is 724. The summed E-state index contributed by atoms with van der Waals surface area (Å²) in [5.41, 5.74) is 1.24. The molecule has 3 aromatic rings. The minimum Gasteiger partial charge on any atom is -0.463 e. The molecular weight excluding hydrogens is 240 g/mol. The molecule has 82 valence electrons. The van der Waals surface area contributed by atoms with Crippen LogP contribution in [0.1, 0.15) is 5.56 Å². The number of fused-ring (bicyclic) bond motifs is 1. The summed E-state index contributed by atoms with van der Waals surface area (Å²) in [6.07, 6.45) is 3.18. The Morgan fingerprint density at radius 3 is 3.00 bits per heavy atom. The molecule has 0 aliphatic carbocycles. The summed E-state index contributed by atoms with van der Waals surface area (Å²) >= 11 is 5.80. The highest BCUT2D eigenvalue weighted by molar-refractivity contribution is 6.29. The van der Waals surface area contributed by atoms with Gasteiger partial charge in [0, 0.05) is 6.20 Å². The van der Waals surface area contributed by atoms with Crippen LogP contribution in [0.4, 0.5) is 0 Å². The fourth-order valence-corrected chi connectivity index (χ4v) is 1.73. The van der Waals surface area contributed by atoms with Gasteiger partial charge in [-0.1, -0.05) is 11.6 Å². The summed E-state index contributed by atoms with van der Waals surface area (Å²) in [4.78, 5) is 4.08. The van der Waals surface area contributed by atoms with Crippen LogP contribution in [-0.2, 0) is 0 Å². The third kappa shape index (κ3) is 1.47. The first kappa shape index (κ1) is 9.87. The van der Waals surface area contributed by atoms with Gasteiger partial charge >= 0.3 is 0 Å². The van der Waals surface area contributed by atoms with Crippen molar-refractivity contribution in [1.82, 2.24) is 14.6 Å². The second-order valence-electron chi connectivity index (χ2n) is 3.33. The van der Waals surface area contributed by atoms with Crippen LogP contribution in [0.2, 0.25) is 5.15 Å². The quantitative estimate of drug-likeness (QED) is 0.617. The highest BCUT2D eigenvalue weighted by atomic mass is 35.5. The van der Waals surface area contributed by atoms with E-state index in [9.17, 15) is 0 Å². The standard InChI is InChI=1S/C11H5ClN4O/c12-9-3-4-16-11(14-9)7(6-13)10(15-16)8-2-1-5-17-8/h1-5H. The van der Waals surface area contributed by atoms with Gasteiger partial charge in [-0.05, 0) is 18.2 Å². The lowest BCUT2D eigenvalue weighted by Gasteiger charge is -1.91. The Hall–Kier alpha value is -2.32. The first-order valence-corrected chi connectivity index (χ1v) is 5.16. The molecule has 0 amide bonds. The number of hydrogen-bond acceptors (Lipinski definition) is 4. The molecule has 3 rings (SSSR count). The number of nitriles is 1. The Morgan fingerprint density at radius 1 is 1.41 bits per heavy atom. The van der Waals surface area contributed by atoms with E-state index in [0.717, 1.165) is 0 Å². The van der Waals surface area contributed by atoms with Crippen molar-refractivity contribution in [3.63, 3.8) is 0 Å². The van der Waals surface area contributed by atoms with Crippen LogP contribution in [-0.4, -0.2) is 14.6 Å². The van der Waals surface area contributed by atoms with Crippen molar-refractivity contribution in [1.29, 1.82) is 5.26 Å². The van der Waals surface area contributed by atoms with Crippen LogP contribution in [0, 0.1) is 11.3 Å². The summed E-state index contributed by atoms with van der Waals surface area (Å²) in [5, 5.41) is 13.7. The summed E-state index contributed by atoms with van der Waals surface area (Å²) < 4.78 is 6.74. The Labute approximate surface area is 101 Å². The van der Waals surface area contributed by atoms with Gasteiger partial charge < -0.3 is 4.42 Å². The molecule has 0 aliphatic heterocycles. The molecule has 5 nitrogen and oxygen atoms in total. The van der Waals surface area contributed by atoms with Crippen LogP contribution in [0.25, 0.3) is 17.1 Å². The van der Waals surface area contributed by atoms with Crippen LogP contribution < -0.4 is 0 Å². The number of rotatable bonds is 1. The van der Waals surface area contributed by atoms with Crippen molar-refractivity contribution < 1.29 is 4.42 Å². The SMILES string of the molecule is N#Cc1c(-c2ccco2)nn2ccc(Cl)nc12. The minimum absolute atomic E-state index is 0.319. The van der Waals surface area contributed by atoms with E-state index in [1.165, 1.54) is 10.8 Å². The first-order valence-electron chi connectivity index (χ1n) is 4.78. The van der Waals surface area contributed by atoms with Gasteiger partial charge in [0.1, 0.15) is 22.5 Å². The lowest BCUT2D eigenvalue weighted by molar-refractivity contribution is 0.579. The molecule has 0 N–H and O–H groups in total. The molecule has 0 spiro atoms. The second-order valence-corrected chi connectivity index (χ2v) is 3.72. The summed E-state index contributed by atoms with van der Waals surface area (Å²) in [7, 11) is 0. The zero-order chi connectivity index (χ0) is 11.8. The molecular formula is C11H5ClN4O. The van der Waals surface area contributed by atoms with E-state index in [-0.39, 0.29) is 0 Å². The molecule has 0 fully saturated rings. The molecule has 0 radical (unpaired) electrons. The molecule has 0 saturated heterocycles. The van der Waals surface area contributed by atoms with Crippen molar-refractivity contribution >= 4 is 17.2 Å². The van der Waals surface area contributed by atoms with Gasteiger partial charge in [-0.2, -0.15) is 10.4 Å². The van der Waals surface area contributed by atoms with Crippen molar-refractivity contribution in [3.8, 4) is 17.5 Å². The lowest BCUT2D eigenvalue weighted by atomic mass is 10.2. The van der Waals surface area contributed by atoms with E-state index in [2.05, 4.69) is 16.2 Å². The molecule has 0 aliphatic rings. The van der Waals surface area contributed by atoms with E-state index < -0.39 is 0 Å². The van der Waals surface area contributed by atoms with Gasteiger partial charge in [-0.25, -0.2) is 9.50 Å². The summed E-state index contributed by atoms with van der Waals surface area (Å²) in [6.45, 7) is 0. The smallest absolute Gasteiger partial charge is 0.175 e. The van der Waals surface area contributed by atoms with E-state index in [1.54, 1.807) is 24.4 Å². The number of aromatic nitrogens is 3. The van der Waals surface area contributed by atoms with E-state index in [0.29, 0.717) is 27.8 Å². The molecule has 17 heavy (non-hydrogen) atoms. The third-order valence-corrected chi connectivity index (χ3v) is 2.53. The maximum atomic E-state index is 9.17. The first-order chi connectivity index (χ1) is 8.29. The fraction of sp³-hybridized carbons (Fsp3) is 0. The Kier molecular flexibility index (Phi) is 2.10. The molecule has 0 atom stereocenters. The normalized spacial score (nSPS) is 10.6. The van der Waals surface area contributed by atoms with Crippen LogP contribution in [0.5, 0.6) is 0 Å². The van der Waals surface area contributed by atoms with Crippen LogP contribution in [0.3, 0.4) is 0 Å². The average molecular weight is 245 g/mol. The van der Waals surface area contributed by atoms with Gasteiger partial charge in [-0.3, -0.25) is 0 Å². The summed E-state index contributed by atoms with van der Waals surface area (Å²) in [5.74, 6) is 0.531. The topological polar surface area (TPSA) is 67.1 Å². The second kappa shape index (κ2) is 3.61. The van der Waals surface area contributed by atoms with Gasteiger partial charge in [0.25, 0.3) is 0 Å². The minimum atomic E-state index is 0.319. The average Bonchev–Trinajstić information content (AvgIpc) is 2.94. The maximum absolute atomic E-state index is 9.17. The summed E-state index contributed by atoms with van der Waals surface area (Å²) in [6, 6.07) is 7.15. The van der Waals surface area contributed by atoms with Gasteiger partial charge in [0.05, 0.1) is 6.26 Å². The molecule has 0 bridgehead atoms. The lowest BCUT2D eigenvalue weighted by Crippen LogP contribution is -1.89. The molecule has 0 saturated carbocycles. The fourth-order valence-electron chi connectivity index (χ4n) is 1.60. The van der Waals surface area contributed by atoms with Crippen LogP contribution in [0.15, 0.2) is 35.1 Å². The van der Waals surface area contributed by atoms with E-state index >= 15 is 0 Å². The van der Waals surface area contributed by atoms with Crippen molar-refractivity contribution in [2.45, 2.75) is 0 Å². The highest BCUT2D eigenvalue weighted by Gasteiger charge is 2.17. The maximum Gasteiger partial charge on any atom is 0.175 e. The molecule has 6 heteroatoms. The number of nitrogens with zero attached hydrogens (tertiary/aromatic N) is 4. The molecule has 0 unspecified atom stereocenters. The van der Waals surface area contributed by atoms with Crippen LogP contribution >= 0.6 is 11.6 Å². The monoisotopic (exact) mass is 244 g/mol. The van der Waals surface area contributed by atoms with E-state index in [4.69, 9.17) is 21.3 Å². The predicted molar refractivity (Wildman–Crippen MR) is 60.4 cm³/mol. The Morgan fingerprint density at radius 2 is 2.29 bits per heavy atom. The van der Waals surface area contributed by atoms with Crippen molar-refractivity contribution in [3.05, 3.63) is 41.4 Å². The van der Waals surface area contributed by atoms with Gasteiger partial charge in [0.15, 0.2) is 11.4 Å². The predicted octanol–water partition coefficient (Wildman–Crippen LogP) is 2.51. The Balaban J connectivity index is 2.37. The van der Waals surface area contributed by atoms with E-state index in [1.807, 2.05) is 0 Å². The number of halogens is 1. The highest BCUT2D eigenvalue weighted by Crippen LogP contribution is 2.25. The largest absolute Gasteiger partial charge is 0.463 e. The molecule has 3 aromatic heterocycles. The number of hydrogen-bond donors (Lipinski definition) is 0. The third-order valence-electron chi connectivity index (χ3n) is 2.32. The zero-order valence-corrected chi connectivity index (χ0v) is 9.22. The van der Waals surface area contributed by atoms with Crippen molar-refractivity contribution in [2.75, 3.05) is 0 Å². The molecule has 0 aromatic carbocycles. The van der Waals surface area contributed by atoms with Gasteiger partial charge in [0.2, 0.25) is 0 Å². The number of furan rings is 1.